The zero-order valence-electron chi connectivity index (χ0n) is 8.11. The van der Waals surface area contributed by atoms with Crippen LogP contribution in [0.4, 0.5) is 0 Å². The second-order valence-corrected chi connectivity index (χ2v) is 4.11. The summed E-state index contributed by atoms with van der Waals surface area (Å²) < 4.78 is 0. The summed E-state index contributed by atoms with van der Waals surface area (Å²) >= 11 is 5.96. The molecule has 3 heteroatoms. The number of carboxylic acids is 1. The van der Waals surface area contributed by atoms with Crippen LogP contribution in [0.1, 0.15) is 18.4 Å². The van der Waals surface area contributed by atoms with Gasteiger partial charge in [-0.2, -0.15) is 0 Å². The van der Waals surface area contributed by atoms with E-state index in [1.54, 1.807) is 12.1 Å². The first-order chi connectivity index (χ1) is 7.18. The Morgan fingerprint density at radius 3 is 2.60 bits per heavy atom. The largest absolute Gasteiger partial charge is 0.478 e. The number of carbonyl (C=O) groups is 1. The Morgan fingerprint density at radius 2 is 2.07 bits per heavy atom. The molecule has 1 aliphatic rings. The molecule has 1 N–H and O–H groups in total. The van der Waals surface area contributed by atoms with Crippen LogP contribution >= 0.6 is 11.6 Å². The third kappa shape index (κ3) is 2.39. The minimum atomic E-state index is -0.836. The Bertz CT molecular complexity index is 419. The molecule has 1 fully saturated rings. The van der Waals surface area contributed by atoms with Gasteiger partial charge in [-0.15, -0.1) is 0 Å². The average Bonchev–Trinajstić information content (AvgIpc) is 2.99. The van der Waals surface area contributed by atoms with Gasteiger partial charge in [0, 0.05) is 10.6 Å². The van der Waals surface area contributed by atoms with Crippen molar-refractivity contribution in [1.29, 1.82) is 0 Å². The van der Waals surface area contributed by atoms with Crippen molar-refractivity contribution in [1.82, 2.24) is 0 Å². The van der Waals surface area contributed by atoms with Crippen LogP contribution in [-0.4, -0.2) is 11.1 Å². The molecular formula is C12H11ClO2. The Morgan fingerprint density at radius 1 is 1.40 bits per heavy atom. The summed E-state index contributed by atoms with van der Waals surface area (Å²) in [5, 5.41) is 9.62. The summed E-state index contributed by atoms with van der Waals surface area (Å²) in [5.41, 5.74) is 1.26. The van der Waals surface area contributed by atoms with Gasteiger partial charge >= 0.3 is 5.97 Å². The van der Waals surface area contributed by atoms with E-state index >= 15 is 0 Å². The van der Waals surface area contributed by atoms with E-state index in [2.05, 4.69) is 0 Å². The third-order valence-corrected chi connectivity index (χ3v) is 2.82. The number of rotatable bonds is 3. The molecule has 15 heavy (non-hydrogen) atoms. The Labute approximate surface area is 93.2 Å². The van der Waals surface area contributed by atoms with Crippen LogP contribution < -0.4 is 0 Å². The Balaban J connectivity index is 2.34. The summed E-state index contributed by atoms with van der Waals surface area (Å²) in [6, 6.07) is 7.27. The van der Waals surface area contributed by atoms with Gasteiger partial charge in [-0.3, -0.25) is 0 Å². The predicted octanol–water partition coefficient (Wildman–Crippen LogP) is 3.22. The third-order valence-electron chi connectivity index (χ3n) is 2.48. The van der Waals surface area contributed by atoms with E-state index in [4.69, 9.17) is 16.7 Å². The zero-order valence-corrected chi connectivity index (χ0v) is 8.87. The fourth-order valence-corrected chi connectivity index (χ4v) is 1.70. The van der Waals surface area contributed by atoms with Gasteiger partial charge in [-0.1, -0.05) is 29.8 Å². The van der Waals surface area contributed by atoms with E-state index in [0.29, 0.717) is 10.6 Å². The number of hydrogen-bond donors (Lipinski definition) is 1. The molecule has 0 radical (unpaired) electrons. The van der Waals surface area contributed by atoms with Crippen LogP contribution in [0, 0.1) is 5.92 Å². The lowest BCUT2D eigenvalue weighted by molar-refractivity contribution is -0.132. The smallest absolute Gasteiger partial charge is 0.331 e. The minimum Gasteiger partial charge on any atom is -0.478 e. The minimum absolute atomic E-state index is 0.221. The average molecular weight is 223 g/mol. The predicted molar refractivity (Wildman–Crippen MR) is 59.8 cm³/mol. The van der Waals surface area contributed by atoms with Crippen LogP contribution in [0.25, 0.3) is 6.08 Å². The SMILES string of the molecule is O=C(O)/C(=C\c1ccccc1Cl)C1CC1. The lowest BCUT2D eigenvalue weighted by atomic mass is 10.1. The highest BCUT2D eigenvalue weighted by Crippen LogP contribution is 2.38. The molecule has 0 bridgehead atoms. The highest BCUT2D eigenvalue weighted by atomic mass is 35.5. The molecule has 2 nitrogen and oxygen atoms in total. The first-order valence-electron chi connectivity index (χ1n) is 4.88. The van der Waals surface area contributed by atoms with Crippen LogP contribution in [0.5, 0.6) is 0 Å². The summed E-state index contributed by atoms with van der Waals surface area (Å²) in [4.78, 5) is 11.0. The van der Waals surface area contributed by atoms with E-state index in [-0.39, 0.29) is 5.92 Å². The van der Waals surface area contributed by atoms with Crippen LogP contribution in [-0.2, 0) is 4.79 Å². The molecule has 1 aromatic carbocycles. The number of hydrogen-bond acceptors (Lipinski definition) is 1. The number of benzene rings is 1. The second-order valence-electron chi connectivity index (χ2n) is 3.70. The zero-order chi connectivity index (χ0) is 10.8. The summed E-state index contributed by atoms with van der Waals surface area (Å²) in [7, 11) is 0. The van der Waals surface area contributed by atoms with E-state index < -0.39 is 5.97 Å². The van der Waals surface area contributed by atoms with Crippen molar-refractivity contribution in [3.05, 3.63) is 40.4 Å². The number of carboxylic acid groups (broad SMARTS) is 1. The van der Waals surface area contributed by atoms with Crippen molar-refractivity contribution >= 4 is 23.6 Å². The topological polar surface area (TPSA) is 37.3 Å². The maximum Gasteiger partial charge on any atom is 0.331 e. The van der Waals surface area contributed by atoms with Gasteiger partial charge in [-0.05, 0) is 36.5 Å². The first kappa shape index (κ1) is 10.2. The maximum atomic E-state index is 11.0. The first-order valence-corrected chi connectivity index (χ1v) is 5.25. The summed E-state index contributed by atoms with van der Waals surface area (Å²) in [6.07, 6.45) is 3.63. The summed E-state index contributed by atoms with van der Waals surface area (Å²) in [6.45, 7) is 0. The standard InChI is InChI=1S/C12H11ClO2/c13-11-4-2-1-3-9(11)7-10(12(14)15)8-5-6-8/h1-4,7-8H,5-6H2,(H,14,15)/b10-7-. The fraction of sp³-hybridized carbons (Fsp3) is 0.250. The van der Waals surface area contributed by atoms with Crippen molar-refractivity contribution in [3.8, 4) is 0 Å². The van der Waals surface area contributed by atoms with Gasteiger partial charge < -0.3 is 5.11 Å². The molecule has 0 amide bonds. The highest BCUT2D eigenvalue weighted by molar-refractivity contribution is 6.32. The molecule has 0 heterocycles. The van der Waals surface area contributed by atoms with E-state index in [0.717, 1.165) is 18.4 Å². The molecule has 1 aromatic rings. The van der Waals surface area contributed by atoms with E-state index in [1.807, 2.05) is 18.2 Å². The van der Waals surface area contributed by atoms with Crippen molar-refractivity contribution in [2.45, 2.75) is 12.8 Å². The lowest BCUT2D eigenvalue weighted by Gasteiger charge is -2.01. The number of aliphatic carboxylic acids is 1. The molecule has 0 aliphatic heterocycles. The maximum absolute atomic E-state index is 11.0. The van der Waals surface area contributed by atoms with E-state index in [1.165, 1.54) is 0 Å². The molecular weight excluding hydrogens is 212 g/mol. The van der Waals surface area contributed by atoms with Gasteiger partial charge in [-0.25, -0.2) is 4.79 Å². The van der Waals surface area contributed by atoms with E-state index in [9.17, 15) is 4.79 Å². The second kappa shape index (κ2) is 4.07. The molecule has 0 atom stereocenters. The molecule has 1 saturated carbocycles. The Hall–Kier alpha value is -1.28. The van der Waals surface area contributed by atoms with Gasteiger partial charge in [0.1, 0.15) is 0 Å². The normalized spacial score (nSPS) is 16.5. The quantitative estimate of drug-likeness (QED) is 0.798. The monoisotopic (exact) mass is 222 g/mol. The van der Waals surface area contributed by atoms with Gasteiger partial charge in [0.05, 0.1) is 0 Å². The highest BCUT2D eigenvalue weighted by Gasteiger charge is 2.30. The van der Waals surface area contributed by atoms with Crippen LogP contribution in [0.2, 0.25) is 5.02 Å². The van der Waals surface area contributed by atoms with Crippen LogP contribution in [0.15, 0.2) is 29.8 Å². The van der Waals surface area contributed by atoms with Gasteiger partial charge in [0.2, 0.25) is 0 Å². The van der Waals surface area contributed by atoms with Gasteiger partial charge in [0.25, 0.3) is 0 Å². The van der Waals surface area contributed by atoms with Crippen molar-refractivity contribution in [2.75, 3.05) is 0 Å². The molecule has 0 aromatic heterocycles. The fourth-order valence-electron chi connectivity index (χ4n) is 1.51. The van der Waals surface area contributed by atoms with Crippen molar-refractivity contribution in [2.24, 2.45) is 5.92 Å². The molecule has 78 valence electrons. The summed E-state index contributed by atoms with van der Waals surface area (Å²) in [5.74, 6) is -0.615. The molecule has 1 aliphatic carbocycles. The van der Waals surface area contributed by atoms with Crippen LogP contribution in [0.3, 0.4) is 0 Å². The molecule has 2 rings (SSSR count). The lowest BCUT2D eigenvalue weighted by Crippen LogP contribution is -2.02. The molecule has 0 spiro atoms. The van der Waals surface area contributed by atoms with Crippen molar-refractivity contribution in [3.63, 3.8) is 0 Å². The number of halogens is 1. The molecule has 0 saturated heterocycles. The van der Waals surface area contributed by atoms with Gasteiger partial charge in [0.15, 0.2) is 0 Å². The Kier molecular flexibility index (Phi) is 2.78. The van der Waals surface area contributed by atoms with Crippen molar-refractivity contribution < 1.29 is 9.90 Å². The molecule has 0 unspecified atom stereocenters.